The number of carbonyl (C=O) groups is 3. The predicted molar refractivity (Wildman–Crippen MR) is 145 cm³/mol. The lowest BCUT2D eigenvalue weighted by molar-refractivity contribution is -0.119. The van der Waals surface area contributed by atoms with E-state index in [1.807, 2.05) is 84.9 Å². The van der Waals surface area contributed by atoms with Crippen LogP contribution in [0.1, 0.15) is 16.7 Å². The van der Waals surface area contributed by atoms with Gasteiger partial charge in [-0.05, 0) is 28.8 Å². The van der Waals surface area contributed by atoms with Crippen molar-refractivity contribution < 1.29 is 24.2 Å². The summed E-state index contributed by atoms with van der Waals surface area (Å²) >= 11 is 0. The van der Waals surface area contributed by atoms with E-state index in [4.69, 9.17) is 4.74 Å². The normalized spacial score (nSPS) is 15.4. The number of aldehydes is 1. The first-order valence-corrected chi connectivity index (χ1v) is 12.2. The largest absolute Gasteiger partial charge is 0.445 e. The number of anilines is 1. The Bertz CT molecular complexity index is 1320. The molecule has 3 aromatic rings. The maximum Gasteiger partial charge on any atom is 0.408 e. The Labute approximate surface area is 221 Å². The summed E-state index contributed by atoms with van der Waals surface area (Å²) in [4.78, 5) is 39.4. The summed E-state index contributed by atoms with van der Waals surface area (Å²) in [5.74, 6) is -0.408. The number of ether oxygens (including phenoxy) is 1. The van der Waals surface area contributed by atoms with Crippen molar-refractivity contribution in [2.24, 2.45) is 0 Å². The molecule has 3 N–H and O–H groups in total. The molecular weight excluding hydrogens is 482 g/mol. The summed E-state index contributed by atoms with van der Waals surface area (Å²) in [6, 6.07) is 24.4. The Morgan fingerprint density at radius 1 is 1.03 bits per heavy atom. The first kappa shape index (κ1) is 26.4. The van der Waals surface area contributed by atoms with E-state index >= 15 is 0 Å². The van der Waals surface area contributed by atoms with E-state index in [2.05, 4.69) is 17.2 Å². The van der Waals surface area contributed by atoms with Crippen molar-refractivity contribution in [1.29, 1.82) is 0 Å². The average Bonchev–Trinajstić information content (AvgIpc) is 3.06. The van der Waals surface area contributed by atoms with Gasteiger partial charge in [0.25, 0.3) is 5.91 Å². The Hall–Kier alpha value is -4.69. The van der Waals surface area contributed by atoms with Crippen LogP contribution in [-0.2, 0) is 20.9 Å². The topological polar surface area (TPSA) is 108 Å². The molecule has 1 aliphatic rings. The number of alkyl carbamates (subject to hydrolysis) is 1. The van der Waals surface area contributed by atoms with Gasteiger partial charge in [0.1, 0.15) is 25.0 Å². The van der Waals surface area contributed by atoms with Crippen molar-refractivity contribution in [1.82, 2.24) is 10.6 Å². The predicted octanol–water partition coefficient (Wildman–Crippen LogP) is 3.42. The highest BCUT2D eigenvalue weighted by atomic mass is 16.5. The average molecular weight is 512 g/mol. The van der Waals surface area contributed by atoms with Gasteiger partial charge in [0, 0.05) is 11.3 Å². The molecular formula is C30H29N3O5. The van der Waals surface area contributed by atoms with Gasteiger partial charge in [0.05, 0.1) is 18.8 Å². The van der Waals surface area contributed by atoms with Crippen molar-refractivity contribution in [2.75, 3.05) is 18.1 Å². The molecule has 38 heavy (non-hydrogen) atoms. The van der Waals surface area contributed by atoms with Gasteiger partial charge in [0.2, 0.25) is 0 Å². The highest BCUT2D eigenvalue weighted by Gasteiger charge is 2.32. The number of amides is 2. The lowest BCUT2D eigenvalue weighted by Gasteiger charge is -2.28. The van der Waals surface area contributed by atoms with Gasteiger partial charge in [-0.1, -0.05) is 85.4 Å². The van der Waals surface area contributed by atoms with Gasteiger partial charge in [-0.2, -0.15) is 0 Å². The molecule has 2 atom stereocenters. The molecule has 1 aliphatic heterocycles. The SMILES string of the molecule is C=C(CN1C(=O)C(NC(=O)OCc2ccccc2)C=C(c2ccccc2)c2ccccc21)NC(C=O)CO. The highest BCUT2D eigenvalue weighted by Crippen LogP contribution is 2.35. The molecule has 3 aromatic carbocycles. The van der Waals surface area contributed by atoms with Gasteiger partial charge >= 0.3 is 6.09 Å². The highest BCUT2D eigenvalue weighted by molar-refractivity contribution is 6.07. The summed E-state index contributed by atoms with van der Waals surface area (Å²) in [5.41, 5.74) is 4.22. The Morgan fingerprint density at radius 3 is 2.37 bits per heavy atom. The fourth-order valence-electron chi connectivity index (χ4n) is 4.20. The first-order chi connectivity index (χ1) is 18.5. The summed E-state index contributed by atoms with van der Waals surface area (Å²) in [6.45, 7) is 3.60. The summed E-state index contributed by atoms with van der Waals surface area (Å²) in [5, 5.41) is 14.9. The molecule has 8 nitrogen and oxygen atoms in total. The van der Waals surface area contributed by atoms with E-state index in [1.165, 1.54) is 4.90 Å². The van der Waals surface area contributed by atoms with E-state index < -0.39 is 30.7 Å². The number of nitrogens with one attached hydrogen (secondary N) is 2. The number of aliphatic hydroxyl groups is 1. The molecule has 0 saturated heterocycles. The van der Waals surface area contributed by atoms with E-state index in [1.54, 1.807) is 6.08 Å². The maximum absolute atomic E-state index is 13.9. The molecule has 2 unspecified atom stereocenters. The number of benzene rings is 3. The zero-order valence-corrected chi connectivity index (χ0v) is 20.7. The van der Waals surface area contributed by atoms with E-state index in [-0.39, 0.29) is 13.2 Å². The summed E-state index contributed by atoms with van der Waals surface area (Å²) in [6.07, 6.45) is 1.56. The second kappa shape index (κ2) is 12.5. The van der Waals surface area contributed by atoms with Crippen LogP contribution in [0.25, 0.3) is 5.57 Å². The number of hydrogen-bond donors (Lipinski definition) is 3. The van der Waals surface area contributed by atoms with Gasteiger partial charge in [0.15, 0.2) is 0 Å². The van der Waals surface area contributed by atoms with Crippen LogP contribution in [0.4, 0.5) is 10.5 Å². The van der Waals surface area contributed by atoms with Crippen LogP contribution < -0.4 is 15.5 Å². The Kier molecular flexibility index (Phi) is 8.69. The molecule has 0 spiro atoms. The monoisotopic (exact) mass is 511 g/mol. The van der Waals surface area contributed by atoms with Gasteiger partial charge < -0.3 is 30.2 Å². The third-order valence-corrected chi connectivity index (χ3v) is 6.02. The standard InChI is InChI=1S/C30H29N3O5/c1-21(31-24(18-34)19-35)17-33-28-15-9-8-14-25(28)26(23-12-6-3-7-13-23)16-27(29(33)36)32-30(37)38-20-22-10-4-2-5-11-22/h2-16,18,24,27,31,35H,1,17,19-20H2,(H,32,37). The molecule has 4 rings (SSSR count). The van der Waals surface area contributed by atoms with Crippen molar-refractivity contribution in [3.05, 3.63) is 120 Å². The summed E-state index contributed by atoms with van der Waals surface area (Å²) < 4.78 is 5.39. The number of nitrogens with zero attached hydrogens (tertiary/aromatic N) is 1. The van der Waals surface area contributed by atoms with Gasteiger partial charge in [-0.25, -0.2) is 4.79 Å². The molecule has 1 heterocycles. The molecule has 0 bridgehead atoms. The Morgan fingerprint density at radius 2 is 1.68 bits per heavy atom. The zero-order chi connectivity index (χ0) is 26.9. The summed E-state index contributed by atoms with van der Waals surface area (Å²) in [7, 11) is 0. The van der Waals surface area contributed by atoms with E-state index in [9.17, 15) is 19.5 Å². The second-order valence-corrected chi connectivity index (χ2v) is 8.74. The van der Waals surface area contributed by atoms with Gasteiger partial charge in [-0.15, -0.1) is 0 Å². The molecule has 0 radical (unpaired) electrons. The number of rotatable bonds is 10. The van der Waals surface area contributed by atoms with Crippen molar-refractivity contribution in [2.45, 2.75) is 18.7 Å². The van der Waals surface area contributed by atoms with Crippen LogP contribution >= 0.6 is 0 Å². The van der Waals surface area contributed by atoms with Gasteiger partial charge in [-0.3, -0.25) is 4.79 Å². The zero-order valence-electron chi connectivity index (χ0n) is 20.7. The quantitative estimate of drug-likeness (QED) is 0.360. The molecule has 0 aromatic heterocycles. The fraction of sp³-hybridized carbons (Fsp3) is 0.167. The number of aliphatic hydroxyl groups excluding tert-OH is 1. The van der Waals surface area contributed by atoms with Crippen LogP contribution in [0.15, 0.2) is 103 Å². The fourth-order valence-corrected chi connectivity index (χ4v) is 4.20. The molecule has 8 heteroatoms. The molecule has 0 fully saturated rings. The lowest BCUT2D eigenvalue weighted by atomic mass is 9.95. The minimum Gasteiger partial charge on any atom is -0.445 e. The number of fused-ring (bicyclic) bond motifs is 1. The maximum atomic E-state index is 13.9. The molecule has 194 valence electrons. The third-order valence-electron chi connectivity index (χ3n) is 6.02. The second-order valence-electron chi connectivity index (χ2n) is 8.74. The van der Waals surface area contributed by atoms with Crippen LogP contribution in [0.3, 0.4) is 0 Å². The van der Waals surface area contributed by atoms with Crippen LogP contribution in [0.5, 0.6) is 0 Å². The van der Waals surface area contributed by atoms with Crippen molar-refractivity contribution in [3.63, 3.8) is 0 Å². The van der Waals surface area contributed by atoms with Crippen LogP contribution in [0, 0.1) is 0 Å². The van der Waals surface area contributed by atoms with Crippen molar-refractivity contribution in [3.8, 4) is 0 Å². The molecule has 0 saturated carbocycles. The number of carbonyl (C=O) groups excluding carboxylic acids is 3. The Balaban J connectivity index is 1.67. The minimum absolute atomic E-state index is 0.00728. The van der Waals surface area contributed by atoms with E-state index in [0.717, 1.165) is 22.3 Å². The minimum atomic E-state index is -1.05. The number of hydrogen-bond acceptors (Lipinski definition) is 6. The number of para-hydroxylation sites is 1. The molecule has 2 amide bonds. The molecule has 0 aliphatic carbocycles. The lowest BCUT2D eigenvalue weighted by Crippen LogP contribution is -2.49. The third kappa shape index (κ3) is 6.35. The first-order valence-electron chi connectivity index (χ1n) is 12.2. The van der Waals surface area contributed by atoms with Crippen LogP contribution in [-0.4, -0.2) is 48.6 Å². The van der Waals surface area contributed by atoms with E-state index in [0.29, 0.717) is 17.7 Å². The smallest absolute Gasteiger partial charge is 0.408 e. The van der Waals surface area contributed by atoms with Crippen molar-refractivity contribution >= 4 is 29.5 Å². The van der Waals surface area contributed by atoms with Crippen LogP contribution in [0.2, 0.25) is 0 Å².